The molecule has 1 aliphatic rings. The van der Waals surface area contributed by atoms with Crippen molar-refractivity contribution < 1.29 is 4.79 Å². The third kappa shape index (κ3) is 2.61. The van der Waals surface area contributed by atoms with E-state index < -0.39 is 5.92 Å². The summed E-state index contributed by atoms with van der Waals surface area (Å²) in [5.41, 5.74) is 7.33. The number of benzene rings is 2. The Labute approximate surface area is 128 Å². The normalized spacial score (nSPS) is 17.5. The first-order valence-electron chi connectivity index (χ1n) is 7.02. The van der Waals surface area contributed by atoms with Crippen LogP contribution in [-0.2, 0) is 0 Å². The van der Waals surface area contributed by atoms with Crippen LogP contribution in [0.25, 0.3) is 0 Å². The molecular formula is C17H16N4O. The number of anilines is 1. The lowest BCUT2D eigenvalue weighted by Crippen LogP contribution is -2.31. The fourth-order valence-electron chi connectivity index (χ4n) is 2.42. The third-order valence-corrected chi connectivity index (χ3v) is 3.62. The fourth-order valence-corrected chi connectivity index (χ4v) is 2.42. The minimum absolute atomic E-state index is 0.0385. The zero-order valence-electron chi connectivity index (χ0n) is 11.9. The maximum absolute atomic E-state index is 12.3. The number of Topliss-reactive ketones (excluding diaryl/α,β-unsaturated/α-hetero) is 1. The van der Waals surface area contributed by atoms with Crippen LogP contribution >= 0.6 is 0 Å². The summed E-state index contributed by atoms with van der Waals surface area (Å²) in [7, 11) is 0. The van der Waals surface area contributed by atoms with Crippen LogP contribution in [-0.4, -0.2) is 17.5 Å². The van der Waals surface area contributed by atoms with Gasteiger partial charge in [0.2, 0.25) is 0 Å². The van der Waals surface area contributed by atoms with E-state index in [1.54, 1.807) is 12.1 Å². The first-order chi connectivity index (χ1) is 10.7. The molecule has 0 radical (unpaired) electrons. The lowest BCUT2D eigenvalue weighted by atomic mass is 9.96. The summed E-state index contributed by atoms with van der Waals surface area (Å²) in [4.78, 5) is 12.3. The summed E-state index contributed by atoms with van der Waals surface area (Å²) in [6, 6.07) is 18.4. The number of rotatable bonds is 4. The van der Waals surface area contributed by atoms with Gasteiger partial charge in [0.05, 0.1) is 11.6 Å². The molecule has 0 aromatic heterocycles. The number of nitrogens with one attached hydrogen (secondary N) is 1. The molecule has 0 amide bonds. The number of nitrogens with two attached hydrogens (primary N) is 1. The highest BCUT2D eigenvalue weighted by molar-refractivity contribution is 6.18. The molecule has 2 aromatic rings. The average Bonchev–Trinajstić information content (AvgIpc) is 2.84. The smallest absolute Gasteiger partial charge is 0.164 e. The van der Waals surface area contributed by atoms with E-state index in [0.717, 1.165) is 5.69 Å². The molecule has 0 fully saturated rings. The molecule has 1 heterocycles. The number of ketones is 1. The minimum atomic E-state index is -0.479. The van der Waals surface area contributed by atoms with Crippen LogP contribution in [0, 0.1) is 11.3 Å². The lowest BCUT2D eigenvalue weighted by molar-refractivity contribution is 0.0979. The van der Waals surface area contributed by atoms with Gasteiger partial charge >= 0.3 is 0 Å². The van der Waals surface area contributed by atoms with E-state index >= 15 is 0 Å². The molecule has 0 saturated carbocycles. The maximum atomic E-state index is 12.3. The first-order valence-corrected chi connectivity index (χ1v) is 7.02. The molecule has 3 N–H and O–H groups in total. The quantitative estimate of drug-likeness (QED) is 0.850. The van der Waals surface area contributed by atoms with E-state index in [9.17, 15) is 4.79 Å². The van der Waals surface area contributed by atoms with Gasteiger partial charge in [-0.1, -0.05) is 48.5 Å². The molecule has 22 heavy (non-hydrogen) atoms. The van der Waals surface area contributed by atoms with Crippen LogP contribution in [0.2, 0.25) is 0 Å². The zero-order valence-corrected chi connectivity index (χ0v) is 11.9. The van der Waals surface area contributed by atoms with Gasteiger partial charge in [0.15, 0.2) is 5.78 Å². The topological polar surface area (TPSA) is 82.5 Å². The van der Waals surface area contributed by atoms with Crippen molar-refractivity contribution >= 4 is 23.1 Å². The summed E-state index contributed by atoms with van der Waals surface area (Å²) >= 11 is 0. The van der Waals surface area contributed by atoms with E-state index in [0.29, 0.717) is 11.4 Å². The molecule has 1 atom stereocenters. The number of carbonyl (C=O) groups excluding carboxylic acids is 1. The molecule has 5 nitrogen and oxygen atoms in total. The molecule has 3 rings (SSSR count). The van der Waals surface area contributed by atoms with Crippen LogP contribution in [0.3, 0.4) is 0 Å². The number of para-hydroxylation sites is 1. The Hall–Kier alpha value is -2.95. The van der Waals surface area contributed by atoms with Crippen LogP contribution < -0.4 is 10.7 Å². The van der Waals surface area contributed by atoms with E-state index in [2.05, 4.69) is 5.10 Å². The monoisotopic (exact) mass is 292 g/mol. The van der Waals surface area contributed by atoms with Crippen LogP contribution in [0.4, 0.5) is 5.69 Å². The summed E-state index contributed by atoms with van der Waals surface area (Å²) in [5.74, 6) is 0.0161. The van der Waals surface area contributed by atoms with Gasteiger partial charge < -0.3 is 5.73 Å². The largest absolute Gasteiger partial charge is 0.385 e. The molecule has 0 aliphatic carbocycles. The maximum Gasteiger partial charge on any atom is 0.164 e. The van der Waals surface area contributed by atoms with Crippen molar-refractivity contribution in [2.45, 2.75) is 6.42 Å². The van der Waals surface area contributed by atoms with Crippen molar-refractivity contribution in [2.75, 3.05) is 5.01 Å². The van der Waals surface area contributed by atoms with Gasteiger partial charge in [0.1, 0.15) is 11.7 Å². The molecule has 0 saturated heterocycles. The second-order valence-electron chi connectivity index (χ2n) is 5.10. The molecule has 2 aromatic carbocycles. The molecule has 1 unspecified atom stereocenters. The highest BCUT2D eigenvalue weighted by atomic mass is 16.1. The van der Waals surface area contributed by atoms with Crippen molar-refractivity contribution in [3.8, 4) is 0 Å². The molecule has 5 heteroatoms. The minimum Gasteiger partial charge on any atom is -0.385 e. The van der Waals surface area contributed by atoms with E-state index in [1.165, 1.54) is 5.01 Å². The molecular weight excluding hydrogens is 276 g/mol. The zero-order chi connectivity index (χ0) is 15.5. The summed E-state index contributed by atoms with van der Waals surface area (Å²) < 4.78 is 0. The SMILES string of the molecule is N=C1C(CC(=O)c2ccccc2)C(N)=NN1c1ccccc1. The average molecular weight is 292 g/mol. The van der Waals surface area contributed by atoms with Crippen LogP contribution in [0.15, 0.2) is 65.8 Å². The van der Waals surface area contributed by atoms with Gasteiger partial charge in [-0.15, -0.1) is 0 Å². The Bertz CT molecular complexity index is 725. The highest BCUT2D eigenvalue weighted by Crippen LogP contribution is 2.25. The number of carbonyl (C=O) groups is 1. The number of hydrogen-bond donors (Lipinski definition) is 2. The molecule has 1 aliphatic heterocycles. The standard InChI is InChI=1S/C17H16N4O/c18-16-14(11-15(22)12-7-3-1-4-8-12)17(19)21(20-16)13-9-5-2-6-10-13/h1-10,14,19H,11H2,(H2,18,20). The number of nitrogens with zero attached hydrogens (tertiary/aromatic N) is 2. The number of hydrazone groups is 1. The van der Waals surface area contributed by atoms with Gasteiger partial charge in [0, 0.05) is 12.0 Å². The second kappa shape index (κ2) is 5.81. The Morgan fingerprint density at radius 3 is 2.32 bits per heavy atom. The van der Waals surface area contributed by atoms with Gasteiger partial charge in [-0.05, 0) is 12.1 Å². The Morgan fingerprint density at radius 2 is 1.68 bits per heavy atom. The van der Waals surface area contributed by atoms with Gasteiger partial charge in [0.25, 0.3) is 0 Å². The predicted octanol–water partition coefficient (Wildman–Crippen LogP) is 2.65. The third-order valence-electron chi connectivity index (χ3n) is 3.62. The van der Waals surface area contributed by atoms with Crippen LogP contribution in [0.1, 0.15) is 16.8 Å². The van der Waals surface area contributed by atoms with E-state index in [-0.39, 0.29) is 18.0 Å². The van der Waals surface area contributed by atoms with E-state index in [4.69, 9.17) is 11.1 Å². The molecule has 110 valence electrons. The van der Waals surface area contributed by atoms with Gasteiger partial charge in [-0.3, -0.25) is 10.2 Å². The van der Waals surface area contributed by atoms with Gasteiger partial charge in [-0.2, -0.15) is 5.10 Å². The Balaban J connectivity index is 1.78. The lowest BCUT2D eigenvalue weighted by Gasteiger charge is -2.16. The number of amidine groups is 2. The highest BCUT2D eigenvalue weighted by Gasteiger charge is 2.33. The molecule has 0 bridgehead atoms. The van der Waals surface area contributed by atoms with Gasteiger partial charge in [-0.25, -0.2) is 5.01 Å². The summed E-state index contributed by atoms with van der Waals surface area (Å²) in [6.45, 7) is 0. The Kier molecular flexibility index (Phi) is 3.70. The van der Waals surface area contributed by atoms with Crippen molar-refractivity contribution in [2.24, 2.45) is 16.8 Å². The second-order valence-corrected chi connectivity index (χ2v) is 5.10. The number of hydrogen-bond acceptors (Lipinski definition) is 4. The predicted molar refractivity (Wildman–Crippen MR) is 87.1 cm³/mol. The van der Waals surface area contributed by atoms with Crippen LogP contribution in [0.5, 0.6) is 0 Å². The first kappa shape index (κ1) is 14.0. The van der Waals surface area contributed by atoms with Crippen molar-refractivity contribution in [1.29, 1.82) is 5.41 Å². The van der Waals surface area contributed by atoms with Crippen molar-refractivity contribution in [1.82, 2.24) is 0 Å². The molecule has 0 spiro atoms. The van der Waals surface area contributed by atoms with Crippen molar-refractivity contribution in [3.63, 3.8) is 0 Å². The Morgan fingerprint density at radius 1 is 1.09 bits per heavy atom. The fraction of sp³-hybridized carbons (Fsp3) is 0.118. The summed E-state index contributed by atoms with van der Waals surface area (Å²) in [6.07, 6.45) is 0.154. The summed E-state index contributed by atoms with van der Waals surface area (Å²) in [5, 5.41) is 14.0. The van der Waals surface area contributed by atoms with E-state index in [1.807, 2.05) is 48.5 Å². The van der Waals surface area contributed by atoms with Crippen molar-refractivity contribution in [3.05, 3.63) is 66.2 Å².